The molecule has 160 valence electrons. The van der Waals surface area contributed by atoms with E-state index in [1.807, 2.05) is 74.5 Å². The summed E-state index contributed by atoms with van der Waals surface area (Å²) in [6.07, 6.45) is 1.61. The first-order valence-corrected chi connectivity index (χ1v) is 11.1. The van der Waals surface area contributed by atoms with E-state index in [2.05, 4.69) is 15.5 Å². The number of hydrogen-bond acceptors (Lipinski definition) is 5. The lowest BCUT2D eigenvalue weighted by Gasteiger charge is -2.12. The predicted molar refractivity (Wildman–Crippen MR) is 130 cm³/mol. The summed E-state index contributed by atoms with van der Waals surface area (Å²) < 4.78 is 1.54. The number of thioether (sulfide) groups is 1. The van der Waals surface area contributed by atoms with E-state index in [1.54, 1.807) is 22.9 Å². The van der Waals surface area contributed by atoms with Crippen molar-refractivity contribution in [2.75, 3.05) is 5.75 Å². The van der Waals surface area contributed by atoms with Gasteiger partial charge in [-0.25, -0.2) is 10.4 Å². The van der Waals surface area contributed by atoms with Crippen molar-refractivity contribution in [2.45, 2.75) is 19.0 Å². The van der Waals surface area contributed by atoms with Gasteiger partial charge in [-0.05, 0) is 54.8 Å². The smallest absolute Gasteiger partial charge is 0.266 e. The average molecular weight is 443 g/mol. The highest BCUT2D eigenvalue weighted by Crippen LogP contribution is 2.21. The number of carbonyl (C=O) groups excluding carboxylic acids is 1. The van der Waals surface area contributed by atoms with Gasteiger partial charge in [0, 0.05) is 0 Å². The summed E-state index contributed by atoms with van der Waals surface area (Å²) in [6, 6.07) is 22.5. The predicted octanol–water partition coefficient (Wildman–Crippen LogP) is 4.24. The summed E-state index contributed by atoms with van der Waals surface area (Å²) >= 11 is 1.20. The number of carbonyl (C=O) groups is 1. The quantitative estimate of drug-likeness (QED) is 0.210. The number of aryl methyl sites for hydroxylation is 2. The van der Waals surface area contributed by atoms with Crippen LogP contribution in [0, 0.1) is 13.8 Å². The van der Waals surface area contributed by atoms with E-state index in [-0.39, 0.29) is 17.2 Å². The van der Waals surface area contributed by atoms with Crippen LogP contribution in [0.1, 0.15) is 16.7 Å². The minimum atomic E-state index is -0.280. The van der Waals surface area contributed by atoms with E-state index in [4.69, 9.17) is 0 Å². The third-order valence-corrected chi connectivity index (χ3v) is 5.96. The number of benzene rings is 3. The third kappa shape index (κ3) is 4.78. The summed E-state index contributed by atoms with van der Waals surface area (Å²) in [7, 11) is 0. The fourth-order valence-corrected chi connectivity index (χ4v) is 4.01. The molecule has 1 heterocycles. The molecule has 0 bridgehead atoms. The molecule has 1 N–H and O–H groups in total. The summed E-state index contributed by atoms with van der Waals surface area (Å²) in [6.45, 7) is 4.08. The highest BCUT2D eigenvalue weighted by Gasteiger charge is 2.14. The van der Waals surface area contributed by atoms with Gasteiger partial charge >= 0.3 is 0 Å². The van der Waals surface area contributed by atoms with Gasteiger partial charge in [0.05, 0.1) is 28.6 Å². The zero-order chi connectivity index (χ0) is 22.5. The molecule has 0 aliphatic carbocycles. The Balaban J connectivity index is 1.53. The second-order valence-corrected chi connectivity index (χ2v) is 8.26. The van der Waals surface area contributed by atoms with E-state index in [1.165, 1.54) is 17.3 Å². The van der Waals surface area contributed by atoms with E-state index in [0.717, 1.165) is 11.1 Å². The number of aromatic nitrogens is 2. The van der Waals surface area contributed by atoms with Gasteiger partial charge in [0.15, 0.2) is 5.16 Å². The molecule has 4 rings (SSSR count). The van der Waals surface area contributed by atoms with Gasteiger partial charge in [0.2, 0.25) is 0 Å². The topological polar surface area (TPSA) is 76.3 Å². The highest BCUT2D eigenvalue weighted by atomic mass is 32.2. The lowest BCUT2D eigenvalue weighted by Crippen LogP contribution is -2.24. The molecule has 1 aromatic heterocycles. The molecule has 4 aromatic rings. The van der Waals surface area contributed by atoms with Crippen LogP contribution in [0.2, 0.25) is 0 Å². The van der Waals surface area contributed by atoms with Gasteiger partial charge < -0.3 is 0 Å². The maximum Gasteiger partial charge on any atom is 0.266 e. The van der Waals surface area contributed by atoms with Crippen LogP contribution >= 0.6 is 11.8 Å². The summed E-state index contributed by atoms with van der Waals surface area (Å²) in [5.41, 5.74) is 6.95. The summed E-state index contributed by atoms with van der Waals surface area (Å²) in [5, 5.41) is 5.03. The van der Waals surface area contributed by atoms with Gasteiger partial charge in [-0.3, -0.25) is 14.2 Å². The Morgan fingerprint density at radius 1 is 1.03 bits per heavy atom. The SMILES string of the molecule is Cc1ccc(/C=N/NC(=O)CSc2nc3ccccc3c(=O)n2-c2ccccc2)cc1C. The van der Waals surface area contributed by atoms with Gasteiger partial charge in [-0.2, -0.15) is 5.10 Å². The number of para-hydroxylation sites is 2. The van der Waals surface area contributed by atoms with Gasteiger partial charge in [0.25, 0.3) is 11.5 Å². The summed E-state index contributed by atoms with van der Waals surface area (Å²) in [4.78, 5) is 30.2. The molecule has 0 saturated carbocycles. The molecular weight excluding hydrogens is 420 g/mol. The van der Waals surface area contributed by atoms with Crippen molar-refractivity contribution in [3.63, 3.8) is 0 Å². The number of hydrazone groups is 1. The van der Waals surface area contributed by atoms with Gasteiger partial charge in [0.1, 0.15) is 0 Å². The average Bonchev–Trinajstić information content (AvgIpc) is 2.81. The van der Waals surface area contributed by atoms with Crippen molar-refractivity contribution in [2.24, 2.45) is 5.10 Å². The molecule has 7 heteroatoms. The monoisotopic (exact) mass is 442 g/mol. The molecule has 6 nitrogen and oxygen atoms in total. The Kier molecular flexibility index (Phi) is 6.47. The standard InChI is InChI=1S/C25H22N4O2S/c1-17-12-13-19(14-18(17)2)15-26-28-23(30)16-32-25-27-22-11-7-6-10-21(22)24(31)29(25)20-8-4-3-5-9-20/h3-15H,16H2,1-2H3,(H,28,30)/b26-15+. The zero-order valence-electron chi connectivity index (χ0n) is 17.8. The van der Waals surface area contributed by atoms with Crippen LogP contribution in [0.25, 0.3) is 16.6 Å². The van der Waals surface area contributed by atoms with Crippen molar-refractivity contribution in [1.82, 2.24) is 15.0 Å². The molecule has 0 fully saturated rings. The Morgan fingerprint density at radius 2 is 1.78 bits per heavy atom. The minimum absolute atomic E-state index is 0.0713. The Labute approximate surface area is 190 Å². The second kappa shape index (κ2) is 9.62. The molecule has 0 aliphatic heterocycles. The van der Waals surface area contributed by atoms with Crippen LogP contribution in [0.15, 0.2) is 87.8 Å². The van der Waals surface area contributed by atoms with Crippen molar-refractivity contribution in [3.8, 4) is 5.69 Å². The first-order chi connectivity index (χ1) is 15.5. The molecule has 0 atom stereocenters. The van der Waals surface area contributed by atoms with Crippen LogP contribution in [0.5, 0.6) is 0 Å². The van der Waals surface area contributed by atoms with Crippen molar-refractivity contribution in [3.05, 3.63) is 99.8 Å². The molecule has 0 unspecified atom stereocenters. The molecular formula is C25H22N4O2S. The van der Waals surface area contributed by atoms with Gasteiger partial charge in [-0.15, -0.1) is 0 Å². The van der Waals surface area contributed by atoms with Gasteiger partial charge in [-0.1, -0.05) is 60.3 Å². The molecule has 0 saturated heterocycles. The highest BCUT2D eigenvalue weighted by molar-refractivity contribution is 7.99. The van der Waals surface area contributed by atoms with E-state index >= 15 is 0 Å². The van der Waals surface area contributed by atoms with Crippen molar-refractivity contribution in [1.29, 1.82) is 0 Å². The van der Waals surface area contributed by atoms with Crippen LogP contribution in [0.4, 0.5) is 0 Å². The second-order valence-electron chi connectivity index (χ2n) is 7.31. The molecule has 0 spiro atoms. The Hall–Kier alpha value is -3.71. The molecule has 0 radical (unpaired) electrons. The third-order valence-electron chi connectivity index (χ3n) is 5.03. The molecule has 32 heavy (non-hydrogen) atoms. The lowest BCUT2D eigenvalue weighted by molar-refractivity contribution is -0.118. The Bertz CT molecular complexity index is 1360. The number of nitrogens with zero attached hydrogens (tertiary/aromatic N) is 3. The van der Waals surface area contributed by atoms with Crippen molar-refractivity contribution >= 4 is 34.8 Å². The number of rotatable bonds is 6. The number of nitrogens with one attached hydrogen (secondary N) is 1. The number of fused-ring (bicyclic) bond motifs is 1. The molecule has 1 amide bonds. The Morgan fingerprint density at radius 3 is 2.56 bits per heavy atom. The first kappa shape index (κ1) is 21.5. The minimum Gasteiger partial charge on any atom is -0.272 e. The van der Waals surface area contributed by atoms with Crippen LogP contribution in [-0.4, -0.2) is 27.4 Å². The molecule has 0 aliphatic rings. The maximum absolute atomic E-state index is 13.2. The lowest BCUT2D eigenvalue weighted by atomic mass is 10.1. The van der Waals surface area contributed by atoms with E-state index in [9.17, 15) is 9.59 Å². The van der Waals surface area contributed by atoms with E-state index < -0.39 is 0 Å². The molecule has 3 aromatic carbocycles. The largest absolute Gasteiger partial charge is 0.272 e. The van der Waals surface area contributed by atoms with Crippen LogP contribution < -0.4 is 11.0 Å². The normalized spacial score (nSPS) is 11.2. The first-order valence-electron chi connectivity index (χ1n) is 10.1. The summed E-state index contributed by atoms with van der Waals surface area (Å²) in [5.74, 6) is -0.209. The maximum atomic E-state index is 13.2. The number of hydrogen-bond donors (Lipinski definition) is 1. The van der Waals surface area contributed by atoms with Crippen LogP contribution in [-0.2, 0) is 4.79 Å². The zero-order valence-corrected chi connectivity index (χ0v) is 18.6. The fraction of sp³-hybridized carbons (Fsp3) is 0.120. The number of amides is 1. The van der Waals surface area contributed by atoms with Crippen molar-refractivity contribution < 1.29 is 4.79 Å². The van der Waals surface area contributed by atoms with Crippen LogP contribution in [0.3, 0.4) is 0 Å². The fourth-order valence-electron chi connectivity index (χ4n) is 3.20. The van der Waals surface area contributed by atoms with E-state index in [0.29, 0.717) is 21.7 Å².